The van der Waals surface area contributed by atoms with E-state index in [4.69, 9.17) is 27.9 Å². The summed E-state index contributed by atoms with van der Waals surface area (Å²) in [5, 5.41) is 10.8. The van der Waals surface area contributed by atoms with E-state index < -0.39 is 23.0 Å². The van der Waals surface area contributed by atoms with E-state index in [2.05, 4.69) is 16.0 Å². The van der Waals surface area contributed by atoms with Crippen LogP contribution in [0.1, 0.15) is 49.6 Å². The molecule has 1 unspecified atom stereocenters. The molecule has 3 N–H and O–H groups in total. The highest BCUT2D eigenvalue weighted by molar-refractivity contribution is 8.00. The minimum absolute atomic E-state index is 0.0546. The first-order valence-corrected chi connectivity index (χ1v) is 19.9. The van der Waals surface area contributed by atoms with Crippen molar-refractivity contribution in [2.24, 2.45) is 0 Å². The number of carbonyl (C=O) groups excluding carboxylic acids is 4. The first-order chi connectivity index (χ1) is 27.1. The second kappa shape index (κ2) is 18.8. The Balaban J connectivity index is 1.27. The zero-order valence-electron chi connectivity index (χ0n) is 30.2. The van der Waals surface area contributed by atoms with Gasteiger partial charge in [0.05, 0.1) is 6.61 Å². The van der Waals surface area contributed by atoms with Crippen LogP contribution in [-0.4, -0.2) is 30.3 Å². The summed E-state index contributed by atoms with van der Waals surface area (Å²) < 4.78 is 5.42. The number of thioether (sulfide) groups is 1. The molecule has 1 aromatic heterocycles. The summed E-state index contributed by atoms with van der Waals surface area (Å²) in [4.78, 5) is 55.2. The highest BCUT2D eigenvalue weighted by atomic mass is 35.5. The van der Waals surface area contributed by atoms with Crippen LogP contribution in [0.25, 0.3) is 17.2 Å². The lowest BCUT2D eigenvalue weighted by atomic mass is 10.0. The van der Waals surface area contributed by atoms with E-state index in [0.717, 1.165) is 16.7 Å². The fourth-order valence-electron chi connectivity index (χ4n) is 5.58. The largest absolute Gasteiger partial charge is 0.462 e. The van der Waals surface area contributed by atoms with E-state index in [1.54, 1.807) is 73.7 Å². The van der Waals surface area contributed by atoms with Crippen molar-refractivity contribution in [3.05, 3.63) is 176 Å². The van der Waals surface area contributed by atoms with Crippen LogP contribution in [0.3, 0.4) is 0 Å². The molecule has 8 nitrogen and oxygen atoms in total. The molecule has 0 aliphatic carbocycles. The minimum Gasteiger partial charge on any atom is -0.462 e. The molecule has 6 aromatic rings. The van der Waals surface area contributed by atoms with Crippen LogP contribution >= 0.6 is 46.3 Å². The third kappa shape index (κ3) is 10.1. The van der Waals surface area contributed by atoms with Crippen molar-refractivity contribution in [1.29, 1.82) is 0 Å². The fourth-order valence-corrected chi connectivity index (χ4v) is 8.08. The Morgan fingerprint density at radius 3 is 2.23 bits per heavy atom. The second-order valence-electron chi connectivity index (χ2n) is 12.4. The molecule has 0 fully saturated rings. The van der Waals surface area contributed by atoms with Crippen LogP contribution < -0.4 is 16.0 Å². The number of aryl methyl sites for hydroxylation is 1. The van der Waals surface area contributed by atoms with E-state index in [1.807, 2.05) is 73.0 Å². The average Bonchev–Trinajstić information content (AvgIpc) is 3.62. The molecule has 0 saturated carbocycles. The van der Waals surface area contributed by atoms with Crippen molar-refractivity contribution >= 4 is 86.8 Å². The van der Waals surface area contributed by atoms with Crippen molar-refractivity contribution in [3.63, 3.8) is 0 Å². The normalized spacial score (nSPS) is 11.7. The molecule has 0 aliphatic rings. The van der Waals surface area contributed by atoms with Crippen LogP contribution in [0.4, 0.5) is 10.7 Å². The van der Waals surface area contributed by atoms with Crippen molar-refractivity contribution < 1.29 is 23.9 Å². The van der Waals surface area contributed by atoms with Gasteiger partial charge < -0.3 is 20.7 Å². The summed E-state index contributed by atoms with van der Waals surface area (Å²) in [6.45, 7) is 3.90. The molecule has 1 atom stereocenters. The molecule has 6 rings (SSSR count). The third-order valence-electron chi connectivity index (χ3n) is 8.35. The Morgan fingerprint density at radius 2 is 1.54 bits per heavy atom. The van der Waals surface area contributed by atoms with Crippen LogP contribution in [-0.2, 0) is 14.3 Å². The van der Waals surface area contributed by atoms with E-state index in [-0.39, 0.29) is 18.2 Å². The average molecular weight is 821 g/mol. The maximum Gasteiger partial charge on any atom is 0.341 e. The van der Waals surface area contributed by atoms with Crippen molar-refractivity contribution in [3.8, 4) is 11.1 Å². The summed E-state index contributed by atoms with van der Waals surface area (Å²) in [5.41, 5.74) is 4.79. The Labute approximate surface area is 342 Å². The number of benzene rings is 5. The second-order valence-corrected chi connectivity index (χ2v) is 15.3. The SMILES string of the molecule is CCOC(=O)c1c(-c2ccc(C)cc2)csc1NC(=O)C(Sc1cccc(NC(=O)/C(=C\c2ccc(Cl)cc2Cl)NC(=O)c2ccccc2)c1)c1ccccc1. The molecule has 0 spiro atoms. The lowest BCUT2D eigenvalue weighted by molar-refractivity contribution is -0.116. The summed E-state index contributed by atoms with van der Waals surface area (Å²) in [6.07, 6.45) is 1.47. The van der Waals surface area contributed by atoms with Gasteiger partial charge in [-0.2, -0.15) is 0 Å². The summed E-state index contributed by atoms with van der Waals surface area (Å²) in [7, 11) is 0. The first-order valence-electron chi connectivity index (χ1n) is 17.4. The van der Waals surface area contributed by atoms with E-state index in [9.17, 15) is 19.2 Å². The van der Waals surface area contributed by atoms with Gasteiger partial charge in [0.1, 0.15) is 21.5 Å². The molecule has 0 bridgehead atoms. The van der Waals surface area contributed by atoms with E-state index >= 15 is 0 Å². The van der Waals surface area contributed by atoms with Gasteiger partial charge in [-0.3, -0.25) is 14.4 Å². The summed E-state index contributed by atoms with van der Waals surface area (Å²) in [5.74, 6) is -1.97. The minimum atomic E-state index is -0.755. The number of anilines is 2. The van der Waals surface area contributed by atoms with Crippen LogP contribution in [0.2, 0.25) is 10.0 Å². The van der Waals surface area contributed by atoms with Crippen molar-refractivity contribution in [2.75, 3.05) is 17.2 Å². The van der Waals surface area contributed by atoms with Crippen LogP contribution in [0.5, 0.6) is 0 Å². The molecule has 3 amide bonds. The Bertz CT molecular complexity index is 2400. The smallest absolute Gasteiger partial charge is 0.341 e. The molecule has 1 heterocycles. The third-order valence-corrected chi connectivity index (χ3v) is 11.1. The number of halogens is 2. The monoisotopic (exact) mass is 819 g/mol. The Morgan fingerprint density at radius 1 is 0.821 bits per heavy atom. The van der Waals surface area contributed by atoms with Crippen molar-refractivity contribution in [2.45, 2.75) is 24.0 Å². The molecular formula is C44H35Cl2N3O5S2. The van der Waals surface area contributed by atoms with Gasteiger partial charge in [0.25, 0.3) is 11.8 Å². The number of esters is 1. The van der Waals surface area contributed by atoms with Gasteiger partial charge in [-0.05, 0) is 79.1 Å². The van der Waals surface area contributed by atoms with Gasteiger partial charge in [-0.25, -0.2) is 4.79 Å². The number of ether oxygens (including phenoxy) is 1. The molecule has 5 aromatic carbocycles. The zero-order valence-corrected chi connectivity index (χ0v) is 33.3. The standard InChI is InChI=1S/C44H35Cl2N3O5S2/c1-3-54-44(53)38-35(28-19-17-27(2)18-20-28)26-55-43(38)49-42(52)39(29-11-6-4-7-12-29)56-34-16-10-15-33(25-34)47-41(51)37(23-31-21-22-32(45)24-36(31)46)48-40(50)30-13-8-5-9-14-30/h4-26,39H,3H2,1-2H3,(H,47,51)(H,48,50)(H,49,52)/b37-23+. The van der Waals surface area contributed by atoms with E-state index in [0.29, 0.717) is 47.9 Å². The maximum atomic E-state index is 14.2. The van der Waals surface area contributed by atoms with E-state index in [1.165, 1.54) is 29.2 Å². The predicted octanol–water partition coefficient (Wildman–Crippen LogP) is 11.1. The Kier molecular flexibility index (Phi) is 13.4. The number of hydrogen-bond acceptors (Lipinski definition) is 7. The number of carbonyl (C=O) groups is 4. The van der Waals surface area contributed by atoms with Gasteiger partial charge in [-0.1, -0.05) is 114 Å². The van der Waals surface area contributed by atoms with Crippen LogP contribution in [0, 0.1) is 6.92 Å². The lowest BCUT2D eigenvalue weighted by Crippen LogP contribution is -2.30. The number of rotatable bonds is 13. The van der Waals surface area contributed by atoms with Gasteiger partial charge in [0.2, 0.25) is 5.91 Å². The number of amides is 3. The van der Waals surface area contributed by atoms with Gasteiger partial charge >= 0.3 is 5.97 Å². The summed E-state index contributed by atoms with van der Waals surface area (Å²) >= 11 is 15.1. The molecule has 0 saturated heterocycles. The molecular weight excluding hydrogens is 786 g/mol. The molecule has 282 valence electrons. The quantitative estimate of drug-likeness (QED) is 0.0607. The fraction of sp³-hybridized carbons (Fsp3) is 0.0909. The summed E-state index contributed by atoms with van der Waals surface area (Å²) in [6, 6.07) is 37.4. The predicted molar refractivity (Wildman–Crippen MR) is 228 cm³/mol. The number of thiophene rings is 1. The maximum absolute atomic E-state index is 14.2. The van der Waals surface area contributed by atoms with Gasteiger partial charge in [0, 0.05) is 37.1 Å². The highest BCUT2D eigenvalue weighted by Crippen LogP contribution is 2.40. The Hall–Kier alpha value is -5.65. The van der Waals surface area contributed by atoms with Gasteiger partial charge in [0.15, 0.2) is 0 Å². The molecule has 0 aliphatic heterocycles. The lowest BCUT2D eigenvalue weighted by Gasteiger charge is -2.18. The zero-order chi connectivity index (χ0) is 39.6. The van der Waals surface area contributed by atoms with Crippen molar-refractivity contribution in [1.82, 2.24) is 5.32 Å². The molecule has 12 heteroatoms. The molecule has 0 radical (unpaired) electrons. The number of hydrogen-bond donors (Lipinski definition) is 3. The first kappa shape index (κ1) is 40.0. The number of nitrogens with one attached hydrogen (secondary N) is 3. The topological polar surface area (TPSA) is 114 Å². The highest BCUT2D eigenvalue weighted by Gasteiger charge is 2.28. The van der Waals surface area contributed by atoms with Crippen LogP contribution in [0.15, 0.2) is 143 Å². The van der Waals surface area contributed by atoms with Gasteiger partial charge in [-0.15, -0.1) is 23.1 Å². The molecule has 56 heavy (non-hydrogen) atoms.